The Morgan fingerprint density at radius 1 is 1.29 bits per heavy atom. The van der Waals surface area contributed by atoms with Gasteiger partial charge in [-0.1, -0.05) is 0 Å². The molecule has 1 fully saturated rings. The van der Waals surface area contributed by atoms with Crippen molar-refractivity contribution in [3.05, 3.63) is 70.3 Å². The van der Waals surface area contributed by atoms with Gasteiger partial charge in [-0.05, 0) is 68.0 Å². The fourth-order valence-electron chi connectivity index (χ4n) is 4.03. The summed E-state index contributed by atoms with van der Waals surface area (Å²) in [5.41, 5.74) is 10.4. The number of aromatic nitrogens is 1. The molecule has 1 unspecified atom stereocenters. The number of allylic oxidation sites excluding steroid dienone is 2. The maximum Gasteiger partial charge on any atom is 0.166 e. The number of nitrogens with one attached hydrogen (secondary N) is 4. The first-order chi connectivity index (χ1) is 16.4. The zero-order valence-electron chi connectivity index (χ0n) is 19.5. The van der Waals surface area contributed by atoms with Crippen LogP contribution < -0.4 is 21.1 Å². The molecule has 1 aromatic carbocycles. The van der Waals surface area contributed by atoms with Crippen molar-refractivity contribution in [1.29, 1.82) is 10.8 Å². The topological polar surface area (TPSA) is 120 Å². The highest BCUT2D eigenvalue weighted by atomic mass is 19.1. The molecule has 4 rings (SSSR count). The van der Waals surface area contributed by atoms with Gasteiger partial charge in [-0.25, -0.2) is 9.37 Å². The number of fused-ring (bicyclic) bond motifs is 3. The molecular weight excluding hydrogens is 431 g/mol. The van der Waals surface area contributed by atoms with Gasteiger partial charge in [0.2, 0.25) is 0 Å². The molecule has 1 saturated carbocycles. The van der Waals surface area contributed by atoms with Crippen molar-refractivity contribution in [2.24, 2.45) is 5.92 Å². The minimum atomic E-state index is -0.570. The molecule has 0 amide bonds. The summed E-state index contributed by atoms with van der Waals surface area (Å²) in [6, 6.07) is 6.17. The molecule has 0 radical (unpaired) electrons. The normalized spacial score (nSPS) is 21.7. The molecule has 1 aliphatic carbocycles. The van der Waals surface area contributed by atoms with Gasteiger partial charge >= 0.3 is 0 Å². The lowest BCUT2D eigenvalue weighted by molar-refractivity contribution is 0.227. The second-order valence-electron chi connectivity index (χ2n) is 8.75. The Balaban J connectivity index is 1.91. The smallest absolute Gasteiger partial charge is 0.166 e. The number of nitrogens with two attached hydrogens (primary N) is 1. The summed E-state index contributed by atoms with van der Waals surface area (Å²) in [6.07, 6.45) is 6.95. The summed E-state index contributed by atoms with van der Waals surface area (Å²) in [5.74, 6) is 0.824. The summed E-state index contributed by atoms with van der Waals surface area (Å²) < 4.78 is 20.4. The molecule has 8 heteroatoms. The molecule has 2 heterocycles. The second-order valence-corrected chi connectivity index (χ2v) is 8.75. The minimum absolute atomic E-state index is 0.228. The lowest BCUT2D eigenvalue weighted by Crippen LogP contribution is -2.21. The van der Waals surface area contributed by atoms with E-state index >= 15 is 0 Å². The summed E-state index contributed by atoms with van der Waals surface area (Å²) >= 11 is 0. The molecule has 7 nitrogen and oxygen atoms in total. The number of hydrogen-bond donors (Lipinski definition) is 5. The summed E-state index contributed by atoms with van der Waals surface area (Å²) in [7, 11) is 0. The van der Waals surface area contributed by atoms with Crippen LogP contribution in [0.25, 0.3) is 5.70 Å². The fourth-order valence-corrected chi connectivity index (χ4v) is 4.03. The Hall–Kier alpha value is -3.68. The lowest BCUT2D eigenvalue weighted by Gasteiger charge is -2.24. The maximum absolute atomic E-state index is 14.2. The van der Waals surface area contributed by atoms with Gasteiger partial charge in [0.05, 0.1) is 5.71 Å². The maximum atomic E-state index is 14.2. The highest BCUT2D eigenvalue weighted by Gasteiger charge is 2.25. The molecule has 2 bridgehead atoms. The largest absolute Gasteiger partial charge is 0.482 e. The van der Waals surface area contributed by atoms with Crippen molar-refractivity contribution in [3.8, 4) is 5.75 Å². The lowest BCUT2D eigenvalue weighted by atomic mass is 9.90. The zero-order chi connectivity index (χ0) is 24.2. The van der Waals surface area contributed by atoms with Crippen LogP contribution in [-0.4, -0.2) is 30.0 Å². The van der Waals surface area contributed by atoms with E-state index in [9.17, 15) is 4.39 Å². The van der Waals surface area contributed by atoms with Crippen LogP contribution in [0.5, 0.6) is 5.75 Å². The van der Waals surface area contributed by atoms with Gasteiger partial charge in [-0.3, -0.25) is 5.41 Å². The van der Waals surface area contributed by atoms with Crippen molar-refractivity contribution in [3.63, 3.8) is 0 Å². The van der Waals surface area contributed by atoms with E-state index in [2.05, 4.69) is 15.6 Å². The quantitative estimate of drug-likeness (QED) is 0.403. The number of pyridine rings is 1. The summed E-state index contributed by atoms with van der Waals surface area (Å²) in [6.45, 7) is 5.28. The third-order valence-electron chi connectivity index (χ3n) is 6.14. The minimum Gasteiger partial charge on any atom is -0.482 e. The van der Waals surface area contributed by atoms with Gasteiger partial charge in [-0.15, -0.1) is 0 Å². The summed E-state index contributed by atoms with van der Waals surface area (Å²) in [4.78, 5) is 4.34. The van der Waals surface area contributed by atoms with E-state index in [4.69, 9.17) is 21.3 Å². The SMILES string of the molecule is CCN/C=C1/C/C(C=N)=C(/NCC2CC2)c2cnc(N)c(c2)OC(C)c2cc(F)ccc2C1=N. The van der Waals surface area contributed by atoms with E-state index in [0.29, 0.717) is 46.9 Å². The van der Waals surface area contributed by atoms with E-state index in [-0.39, 0.29) is 11.5 Å². The standard InChI is InChI=1S/C26H31FN6O/c1-3-31-13-18-8-17(11-28)25(32-12-16-4-5-16)19-9-23(26(30)33-14-19)34-15(2)22-10-20(27)6-7-21(22)24(18)29/h6-7,9-11,13-16,28-29,31-32H,3-5,8,12H2,1-2H3,(H2,30,33)/b18-13-,25-17-,28-11?,29-24?. The van der Waals surface area contributed by atoms with E-state index < -0.39 is 11.9 Å². The Bertz CT molecular complexity index is 1170. The molecule has 178 valence electrons. The van der Waals surface area contributed by atoms with Crippen LogP contribution in [-0.2, 0) is 0 Å². The van der Waals surface area contributed by atoms with Gasteiger partial charge in [0.1, 0.15) is 11.9 Å². The number of hydrogen-bond acceptors (Lipinski definition) is 7. The number of nitrogens with zero attached hydrogens (tertiary/aromatic N) is 1. The molecule has 1 aliphatic heterocycles. The van der Waals surface area contributed by atoms with Crippen molar-refractivity contribution in [2.45, 2.75) is 39.2 Å². The molecule has 1 aromatic heterocycles. The van der Waals surface area contributed by atoms with E-state index in [1.165, 1.54) is 31.2 Å². The van der Waals surface area contributed by atoms with Crippen LogP contribution in [0.2, 0.25) is 0 Å². The predicted octanol–water partition coefficient (Wildman–Crippen LogP) is 4.57. The third kappa shape index (κ3) is 5.11. The van der Waals surface area contributed by atoms with E-state index in [0.717, 1.165) is 17.8 Å². The Morgan fingerprint density at radius 3 is 2.79 bits per heavy atom. The number of anilines is 1. The molecule has 34 heavy (non-hydrogen) atoms. The highest BCUT2D eigenvalue weighted by molar-refractivity contribution is 6.12. The van der Waals surface area contributed by atoms with Crippen LogP contribution in [0.4, 0.5) is 10.2 Å². The molecule has 6 N–H and O–H groups in total. The molecular formula is C26H31FN6O. The fraction of sp³-hybridized carbons (Fsp3) is 0.346. The van der Waals surface area contributed by atoms with Crippen LogP contribution in [0.1, 0.15) is 55.9 Å². The van der Waals surface area contributed by atoms with E-state index in [1.54, 1.807) is 18.5 Å². The van der Waals surface area contributed by atoms with Gasteiger partial charge in [0.25, 0.3) is 0 Å². The molecule has 0 saturated heterocycles. The number of halogens is 1. The van der Waals surface area contributed by atoms with Crippen molar-refractivity contribution >= 4 is 23.4 Å². The predicted molar refractivity (Wildman–Crippen MR) is 134 cm³/mol. The van der Waals surface area contributed by atoms with Crippen LogP contribution in [0, 0.1) is 22.6 Å². The molecule has 0 spiro atoms. The van der Waals surface area contributed by atoms with Crippen molar-refractivity contribution < 1.29 is 9.13 Å². The van der Waals surface area contributed by atoms with Gasteiger partial charge in [0.15, 0.2) is 11.6 Å². The first kappa shape index (κ1) is 23.5. The number of benzene rings is 1. The monoisotopic (exact) mass is 462 g/mol. The molecule has 2 aliphatic rings. The Morgan fingerprint density at radius 2 is 2.09 bits per heavy atom. The average Bonchev–Trinajstić information content (AvgIpc) is 3.65. The van der Waals surface area contributed by atoms with Crippen molar-refractivity contribution in [1.82, 2.24) is 15.6 Å². The Labute approximate surface area is 199 Å². The zero-order valence-corrected chi connectivity index (χ0v) is 19.5. The molecule has 1 atom stereocenters. The first-order valence-corrected chi connectivity index (χ1v) is 11.6. The average molecular weight is 463 g/mol. The van der Waals surface area contributed by atoms with Crippen LogP contribution in [0.15, 0.2) is 47.8 Å². The van der Waals surface area contributed by atoms with Crippen LogP contribution in [0.3, 0.4) is 0 Å². The van der Waals surface area contributed by atoms with Gasteiger partial charge < -0.3 is 26.5 Å². The number of ether oxygens (including phenoxy) is 1. The van der Waals surface area contributed by atoms with Gasteiger partial charge in [-0.2, -0.15) is 0 Å². The van der Waals surface area contributed by atoms with Crippen molar-refractivity contribution in [2.75, 3.05) is 18.8 Å². The third-order valence-corrected chi connectivity index (χ3v) is 6.14. The summed E-state index contributed by atoms with van der Waals surface area (Å²) in [5, 5.41) is 23.9. The highest BCUT2D eigenvalue weighted by Crippen LogP contribution is 2.34. The van der Waals surface area contributed by atoms with E-state index in [1.807, 2.05) is 19.9 Å². The second kappa shape index (κ2) is 10.1. The van der Waals surface area contributed by atoms with Gasteiger partial charge in [0, 0.05) is 60.5 Å². The Kier molecular flexibility index (Phi) is 6.95. The number of nitrogen functional groups attached to an aromatic ring is 1. The first-order valence-electron chi connectivity index (χ1n) is 11.6. The number of rotatable bonds is 6. The molecule has 2 aromatic rings. The van der Waals surface area contributed by atoms with Crippen LogP contribution >= 0.6 is 0 Å².